The lowest BCUT2D eigenvalue weighted by Gasteiger charge is -2.24. The van der Waals surface area contributed by atoms with Crippen LogP contribution in [0, 0.1) is 0 Å². The molecule has 0 fully saturated rings. The number of benzene rings is 2. The molecule has 0 saturated heterocycles. The van der Waals surface area contributed by atoms with E-state index in [-0.39, 0.29) is 23.8 Å². The quantitative estimate of drug-likeness (QED) is 0.797. The lowest BCUT2D eigenvalue weighted by molar-refractivity contribution is -0.121. The summed E-state index contributed by atoms with van der Waals surface area (Å²) in [5.74, 6) is -0.202. The Kier molecular flexibility index (Phi) is 5.40. The van der Waals surface area contributed by atoms with Crippen LogP contribution in [0.4, 0.5) is 0 Å². The van der Waals surface area contributed by atoms with Gasteiger partial charge in [-0.1, -0.05) is 36.4 Å². The molecule has 0 heterocycles. The van der Waals surface area contributed by atoms with Gasteiger partial charge in [0.25, 0.3) is 0 Å². The lowest BCUT2D eigenvalue weighted by atomic mass is 9.96. The number of aliphatic hydroxyl groups is 1. The van der Waals surface area contributed by atoms with Gasteiger partial charge < -0.3 is 10.4 Å². The standard InChI is InChI=1S/C21H25NO4S/c1-15(2)27(25,26)18-9-7-16(8-10-18)13-20(23)22-14-21(24)12-11-17-5-3-4-6-19(17)21/h3-10,15,24H,11-14H2,1-2H3,(H,22,23)/t21-/m1/s1. The number of hydrogen-bond acceptors (Lipinski definition) is 4. The lowest BCUT2D eigenvalue weighted by Crippen LogP contribution is -2.39. The number of sulfone groups is 1. The minimum Gasteiger partial charge on any atom is -0.383 e. The number of carbonyl (C=O) groups excluding carboxylic acids is 1. The molecular formula is C21H25NO4S. The Labute approximate surface area is 160 Å². The number of hydrogen-bond donors (Lipinski definition) is 2. The Morgan fingerprint density at radius 2 is 1.81 bits per heavy atom. The second-order valence-corrected chi connectivity index (χ2v) is 9.88. The third kappa shape index (κ3) is 4.06. The van der Waals surface area contributed by atoms with Gasteiger partial charge in [-0.3, -0.25) is 4.79 Å². The number of carbonyl (C=O) groups is 1. The predicted octanol–water partition coefficient (Wildman–Crippen LogP) is 2.36. The smallest absolute Gasteiger partial charge is 0.224 e. The van der Waals surface area contributed by atoms with Gasteiger partial charge in [-0.25, -0.2) is 8.42 Å². The van der Waals surface area contributed by atoms with Crippen molar-refractivity contribution in [1.29, 1.82) is 0 Å². The number of aryl methyl sites for hydroxylation is 1. The zero-order valence-corrected chi connectivity index (χ0v) is 16.4. The number of fused-ring (bicyclic) bond motifs is 1. The van der Waals surface area contributed by atoms with Crippen LogP contribution in [-0.2, 0) is 33.1 Å². The maximum atomic E-state index is 12.3. The van der Waals surface area contributed by atoms with E-state index in [0.717, 1.165) is 23.1 Å². The van der Waals surface area contributed by atoms with Crippen LogP contribution in [-0.4, -0.2) is 31.2 Å². The molecule has 1 aliphatic carbocycles. The summed E-state index contributed by atoms with van der Waals surface area (Å²) in [6.07, 6.45) is 1.53. The fraction of sp³-hybridized carbons (Fsp3) is 0.381. The van der Waals surface area contributed by atoms with Gasteiger partial charge in [0.05, 0.1) is 23.1 Å². The molecule has 0 aromatic heterocycles. The Morgan fingerprint density at radius 1 is 1.15 bits per heavy atom. The van der Waals surface area contributed by atoms with Gasteiger partial charge in [0.15, 0.2) is 9.84 Å². The fourth-order valence-corrected chi connectivity index (χ4v) is 4.47. The first-order valence-electron chi connectivity index (χ1n) is 9.13. The molecular weight excluding hydrogens is 362 g/mol. The van der Waals surface area contributed by atoms with Crippen molar-refractivity contribution in [1.82, 2.24) is 5.32 Å². The minimum absolute atomic E-state index is 0.139. The molecule has 0 spiro atoms. The number of amides is 1. The van der Waals surface area contributed by atoms with Crippen molar-refractivity contribution in [2.45, 2.75) is 48.9 Å². The molecule has 3 rings (SSSR count). The summed E-state index contributed by atoms with van der Waals surface area (Å²) >= 11 is 0. The average molecular weight is 388 g/mol. The van der Waals surface area contributed by atoms with E-state index in [2.05, 4.69) is 5.32 Å². The average Bonchev–Trinajstić information content (AvgIpc) is 2.98. The molecule has 0 saturated carbocycles. The molecule has 2 N–H and O–H groups in total. The molecule has 27 heavy (non-hydrogen) atoms. The molecule has 1 aliphatic rings. The summed E-state index contributed by atoms with van der Waals surface area (Å²) in [6, 6.07) is 14.2. The monoisotopic (exact) mass is 387 g/mol. The Morgan fingerprint density at radius 3 is 2.48 bits per heavy atom. The first-order chi connectivity index (χ1) is 12.7. The van der Waals surface area contributed by atoms with Crippen molar-refractivity contribution in [3.05, 3.63) is 65.2 Å². The van der Waals surface area contributed by atoms with Gasteiger partial charge in [0.2, 0.25) is 5.91 Å². The highest BCUT2D eigenvalue weighted by Crippen LogP contribution is 2.36. The summed E-state index contributed by atoms with van der Waals surface area (Å²) in [6.45, 7) is 3.45. The topological polar surface area (TPSA) is 83.5 Å². The highest BCUT2D eigenvalue weighted by Gasteiger charge is 2.36. The van der Waals surface area contributed by atoms with Gasteiger partial charge in [-0.2, -0.15) is 0 Å². The first kappa shape index (κ1) is 19.6. The summed E-state index contributed by atoms with van der Waals surface area (Å²) in [7, 11) is -3.31. The van der Waals surface area contributed by atoms with E-state index in [0.29, 0.717) is 6.42 Å². The zero-order valence-electron chi connectivity index (χ0n) is 15.6. The highest BCUT2D eigenvalue weighted by molar-refractivity contribution is 7.92. The summed E-state index contributed by atoms with van der Waals surface area (Å²) in [5.41, 5.74) is 1.71. The number of rotatable bonds is 6. The maximum Gasteiger partial charge on any atom is 0.224 e. The molecule has 144 valence electrons. The molecule has 2 aromatic carbocycles. The molecule has 5 nitrogen and oxygen atoms in total. The maximum absolute atomic E-state index is 12.3. The van der Waals surface area contributed by atoms with E-state index in [4.69, 9.17) is 0 Å². The molecule has 2 aromatic rings. The molecule has 0 bridgehead atoms. The number of nitrogens with one attached hydrogen (secondary N) is 1. The SMILES string of the molecule is CC(C)S(=O)(=O)c1ccc(CC(=O)NC[C@]2(O)CCc3ccccc32)cc1. The molecule has 0 radical (unpaired) electrons. The van der Waals surface area contributed by atoms with Gasteiger partial charge in [0, 0.05) is 0 Å². The van der Waals surface area contributed by atoms with Crippen LogP contribution in [0.15, 0.2) is 53.4 Å². The van der Waals surface area contributed by atoms with Crippen LogP contribution in [0.5, 0.6) is 0 Å². The first-order valence-corrected chi connectivity index (χ1v) is 10.7. The van der Waals surface area contributed by atoms with Gasteiger partial charge in [0.1, 0.15) is 5.60 Å². The van der Waals surface area contributed by atoms with Crippen molar-refractivity contribution in [2.24, 2.45) is 0 Å². The Bertz CT molecular complexity index is 935. The van der Waals surface area contributed by atoms with E-state index in [1.807, 2.05) is 24.3 Å². The van der Waals surface area contributed by atoms with Crippen molar-refractivity contribution >= 4 is 15.7 Å². The Hall–Kier alpha value is -2.18. The van der Waals surface area contributed by atoms with Crippen molar-refractivity contribution < 1.29 is 18.3 Å². The molecule has 1 amide bonds. The molecule has 1 atom stereocenters. The van der Waals surface area contributed by atoms with E-state index in [1.165, 1.54) is 0 Å². The van der Waals surface area contributed by atoms with E-state index in [9.17, 15) is 18.3 Å². The van der Waals surface area contributed by atoms with Crippen molar-refractivity contribution in [2.75, 3.05) is 6.54 Å². The van der Waals surface area contributed by atoms with Crippen LogP contribution in [0.25, 0.3) is 0 Å². The van der Waals surface area contributed by atoms with E-state index >= 15 is 0 Å². The summed E-state index contributed by atoms with van der Waals surface area (Å²) in [4.78, 5) is 12.5. The van der Waals surface area contributed by atoms with Gasteiger partial charge in [-0.15, -0.1) is 0 Å². The molecule has 0 aliphatic heterocycles. The summed E-state index contributed by atoms with van der Waals surface area (Å²) < 4.78 is 24.3. The van der Waals surface area contributed by atoms with Gasteiger partial charge >= 0.3 is 0 Å². The third-order valence-corrected chi connectivity index (χ3v) is 7.31. The largest absolute Gasteiger partial charge is 0.383 e. The van der Waals surface area contributed by atoms with Crippen LogP contribution in [0.3, 0.4) is 0 Å². The fourth-order valence-electron chi connectivity index (χ4n) is 3.41. The molecule has 0 unspecified atom stereocenters. The minimum atomic E-state index is -3.31. The van der Waals surface area contributed by atoms with E-state index < -0.39 is 20.7 Å². The van der Waals surface area contributed by atoms with Gasteiger partial charge in [-0.05, 0) is 55.5 Å². The van der Waals surface area contributed by atoms with Crippen molar-refractivity contribution in [3.8, 4) is 0 Å². The second-order valence-electron chi connectivity index (χ2n) is 7.38. The predicted molar refractivity (Wildman–Crippen MR) is 104 cm³/mol. The zero-order chi connectivity index (χ0) is 19.7. The molecule has 6 heteroatoms. The normalized spacial score (nSPS) is 19.1. The van der Waals surface area contributed by atoms with Crippen LogP contribution < -0.4 is 5.32 Å². The highest BCUT2D eigenvalue weighted by atomic mass is 32.2. The van der Waals surface area contributed by atoms with Crippen molar-refractivity contribution in [3.63, 3.8) is 0 Å². The van der Waals surface area contributed by atoms with Crippen LogP contribution in [0.2, 0.25) is 0 Å². The second kappa shape index (κ2) is 7.44. The summed E-state index contributed by atoms with van der Waals surface area (Å²) in [5, 5.41) is 13.2. The Balaban J connectivity index is 1.61. The van der Waals surface area contributed by atoms with Crippen LogP contribution >= 0.6 is 0 Å². The third-order valence-electron chi connectivity index (χ3n) is 5.14. The van der Waals surface area contributed by atoms with Crippen LogP contribution in [0.1, 0.15) is 37.0 Å². The van der Waals surface area contributed by atoms with E-state index in [1.54, 1.807) is 38.1 Å².